The fraction of sp³-hybridized carbons (Fsp3) is 0.267. The van der Waals surface area contributed by atoms with Crippen molar-refractivity contribution < 1.29 is 9.59 Å². The van der Waals surface area contributed by atoms with Gasteiger partial charge in [-0.15, -0.1) is 0 Å². The first-order valence-corrected chi connectivity index (χ1v) is 7.56. The molecule has 1 aromatic heterocycles. The second-order valence-corrected chi connectivity index (χ2v) is 5.88. The highest BCUT2D eigenvalue weighted by molar-refractivity contribution is 9.10. The largest absolute Gasteiger partial charge is 0.333 e. The molecule has 0 radical (unpaired) electrons. The molecule has 1 aliphatic rings. The second kappa shape index (κ2) is 5.44. The monoisotopic (exact) mass is 347 g/mol. The summed E-state index contributed by atoms with van der Waals surface area (Å²) < 4.78 is 2.85. The predicted octanol–water partition coefficient (Wildman–Crippen LogP) is 2.79. The molecule has 0 atom stereocenters. The molecule has 5 nitrogen and oxygen atoms in total. The van der Waals surface area contributed by atoms with Crippen molar-refractivity contribution in [2.75, 3.05) is 4.90 Å². The quantitative estimate of drug-likeness (QED) is 0.799. The van der Waals surface area contributed by atoms with Crippen molar-refractivity contribution in [3.05, 3.63) is 46.5 Å². The number of hydrogen-bond acceptors (Lipinski definition) is 3. The van der Waals surface area contributed by atoms with Gasteiger partial charge in [0.2, 0.25) is 0 Å². The van der Waals surface area contributed by atoms with Gasteiger partial charge in [0.05, 0.1) is 29.8 Å². The van der Waals surface area contributed by atoms with E-state index in [2.05, 4.69) is 27.8 Å². The first-order valence-electron chi connectivity index (χ1n) is 6.76. The number of anilines is 1. The molecule has 0 N–H and O–H groups in total. The number of rotatable bonds is 4. The van der Waals surface area contributed by atoms with E-state index in [4.69, 9.17) is 0 Å². The molecule has 1 aliphatic heterocycles. The van der Waals surface area contributed by atoms with Crippen LogP contribution in [0, 0.1) is 0 Å². The molecule has 0 bridgehead atoms. The first-order chi connectivity index (χ1) is 10.1. The van der Waals surface area contributed by atoms with Gasteiger partial charge in [0.1, 0.15) is 0 Å². The summed E-state index contributed by atoms with van der Waals surface area (Å²) in [7, 11) is 0. The molecule has 0 aliphatic carbocycles. The zero-order valence-electron chi connectivity index (χ0n) is 11.5. The van der Waals surface area contributed by atoms with E-state index in [9.17, 15) is 9.59 Å². The molecule has 1 amide bonds. The smallest absolute Gasteiger partial charge is 0.299 e. The number of halogens is 1. The molecule has 21 heavy (non-hydrogen) atoms. The van der Waals surface area contributed by atoms with Gasteiger partial charge in [0.25, 0.3) is 11.7 Å². The predicted molar refractivity (Wildman–Crippen MR) is 82.2 cm³/mol. The van der Waals surface area contributed by atoms with Crippen LogP contribution < -0.4 is 4.90 Å². The zero-order valence-corrected chi connectivity index (χ0v) is 13.1. The third-order valence-electron chi connectivity index (χ3n) is 3.52. The highest BCUT2D eigenvalue weighted by Gasteiger charge is 2.36. The third kappa shape index (κ3) is 2.40. The minimum absolute atomic E-state index is 0.355. The molecule has 2 heterocycles. The first kappa shape index (κ1) is 14.0. The number of amides is 1. The van der Waals surface area contributed by atoms with Crippen LogP contribution in [-0.4, -0.2) is 21.2 Å². The van der Waals surface area contributed by atoms with Crippen LogP contribution in [0.1, 0.15) is 29.4 Å². The Balaban J connectivity index is 1.96. The van der Waals surface area contributed by atoms with E-state index < -0.39 is 11.7 Å². The van der Waals surface area contributed by atoms with Gasteiger partial charge in [-0.3, -0.25) is 14.5 Å². The summed E-state index contributed by atoms with van der Waals surface area (Å²) >= 11 is 3.38. The number of carbonyl (C=O) groups is 2. The van der Waals surface area contributed by atoms with Gasteiger partial charge < -0.3 is 4.57 Å². The van der Waals surface area contributed by atoms with Crippen LogP contribution in [0.15, 0.2) is 35.2 Å². The van der Waals surface area contributed by atoms with Gasteiger partial charge in [-0.2, -0.15) is 0 Å². The van der Waals surface area contributed by atoms with E-state index in [1.54, 1.807) is 30.7 Å². The Morgan fingerprint density at radius 2 is 2.10 bits per heavy atom. The highest BCUT2D eigenvalue weighted by atomic mass is 79.9. The molecule has 3 rings (SSSR count). The fourth-order valence-corrected chi connectivity index (χ4v) is 2.86. The summed E-state index contributed by atoms with van der Waals surface area (Å²) in [5.74, 6) is -0.925. The SMILES string of the molecule is CCCn1cncc1CN1C(=O)C(=O)c2ccc(Br)cc21. The van der Waals surface area contributed by atoms with Crippen molar-refractivity contribution >= 4 is 33.3 Å². The van der Waals surface area contributed by atoms with Gasteiger partial charge in [0.15, 0.2) is 0 Å². The maximum absolute atomic E-state index is 12.2. The Hall–Kier alpha value is -1.95. The van der Waals surface area contributed by atoms with Crippen molar-refractivity contribution in [1.82, 2.24) is 9.55 Å². The number of aryl methyl sites for hydroxylation is 1. The zero-order chi connectivity index (χ0) is 15.0. The lowest BCUT2D eigenvalue weighted by atomic mass is 10.1. The number of Topliss-reactive ketones (excluding diaryl/α,β-unsaturated/α-hetero) is 1. The maximum Gasteiger partial charge on any atom is 0.299 e. The Morgan fingerprint density at radius 3 is 2.86 bits per heavy atom. The van der Waals surface area contributed by atoms with Crippen LogP contribution in [0.4, 0.5) is 5.69 Å². The molecule has 2 aromatic rings. The summed E-state index contributed by atoms with van der Waals surface area (Å²) in [6, 6.07) is 5.26. The molecule has 0 unspecified atom stereocenters. The van der Waals surface area contributed by atoms with Crippen LogP contribution in [0.2, 0.25) is 0 Å². The topological polar surface area (TPSA) is 55.2 Å². The van der Waals surface area contributed by atoms with Crippen molar-refractivity contribution in [3.63, 3.8) is 0 Å². The number of aromatic nitrogens is 2. The summed E-state index contributed by atoms with van der Waals surface area (Å²) in [4.78, 5) is 29.9. The maximum atomic E-state index is 12.2. The van der Waals surface area contributed by atoms with E-state index in [0.29, 0.717) is 17.8 Å². The van der Waals surface area contributed by atoms with Crippen molar-refractivity contribution in [2.24, 2.45) is 0 Å². The molecule has 6 heteroatoms. The Labute approximate surface area is 130 Å². The minimum Gasteiger partial charge on any atom is -0.333 e. The normalized spacial score (nSPS) is 13.9. The van der Waals surface area contributed by atoms with Crippen molar-refractivity contribution in [1.29, 1.82) is 0 Å². The van der Waals surface area contributed by atoms with E-state index in [-0.39, 0.29) is 0 Å². The van der Waals surface area contributed by atoms with Gasteiger partial charge in [0, 0.05) is 17.2 Å². The average Bonchev–Trinajstić information content (AvgIpc) is 2.99. The van der Waals surface area contributed by atoms with Crippen LogP contribution in [0.25, 0.3) is 0 Å². The summed E-state index contributed by atoms with van der Waals surface area (Å²) in [6.45, 7) is 3.28. The van der Waals surface area contributed by atoms with E-state index in [1.807, 2.05) is 4.57 Å². The average molecular weight is 348 g/mol. The third-order valence-corrected chi connectivity index (χ3v) is 4.01. The number of carbonyl (C=O) groups excluding carboxylic acids is 2. The molecular formula is C15H14BrN3O2. The molecule has 1 aromatic carbocycles. The fourth-order valence-electron chi connectivity index (χ4n) is 2.51. The molecule has 0 spiro atoms. The highest BCUT2D eigenvalue weighted by Crippen LogP contribution is 2.32. The van der Waals surface area contributed by atoms with Crippen molar-refractivity contribution in [2.45, 2.75) is 26.4 Å². The Bertz CT molecular complexity index is 723. The number of fused-ring (bicyclic) bond motifs is 1. The van der Waals surface area contributed by atoms with E-state index >= 15 is 0 Å². The molecular weight excluding hydrogens is 334 g/mol. The Kier molecular flexibility index (Phi) is 3.63. The van der Waals surface area contributed by atoms with Gasteiger partial charge in [-0.05, 0) is 24.6 Å². The van der Waals surface area contributed by atoms with Crippen molar-refractivity contribution in [3.8, 4) is 0 Å². The lowest BCUT2D eigenvalue weighted by Crippen LogP contribution is -2.30. The lowest BCUT2D eigenvalue weighted by Gasteiger charge is -2.17. The van der Waals surface area contributed by atoms with Gasteiger partial charge in [-0.25, -0.2) is 4.98 Å². The summed E-state index contributed by atoms with van der Waals surface area (Å²) in [5.41, 5.74) is 2.04. The van der Waals surface area contributed by atoms with E-state index in [0.717, 1.165) is 23.1 Å². The van der Waals surface area contributed by atoms with Crippen LogP contribution in [0.5, 0.6) is 0 Å². The van der Waals surface area contributed by atoms with Gasteiger partial charge >= 0.3 is 0 Å². The number of benzene rings is 1. The minimum atomic E-state index is -0.479. The number of imidazole rings is 1. The Morgan fingerprint density at radius 1 is 1.29 bits per heavy atom. The van der Waals surface area contributed by atoms with Gasteiger partial charge in [-0.1, -0.05) is 22.9 Å². The standard InChI is InChI=1S/C15H14BrN3O2/c1-2-5-18-9-17-7-11(18)8-19-13-6-10(16)3-4-12(13)14(20)15(19)21/h3-4,6-7,9H,2,5,8H2,1H3. The van der Waals surface area contributed by atoms with Crippen LogP contribution in [0.3, 0.4) is 0 Å². The summed E-state index contributed by atoms with van der Waals surface area (Å²) in [6.07, 6.45) is 4.48. The van der Waals surface area contributed by atoms with Crippen LogP contribution >= 0.6 is 15.9 Å². The molecule has 0 saturated carbocycles. The molecule has 0 fully saturated rings. The molecule has 108 valence electrons. The number of hydrogen-bond donors (Lipinski definition) is 0. The second-order valence-electron chi connectivity index (χ2n) is 4.96. The number of nitrogens with zero attached hydrogens (tertiary/aromatic N) is 3. The lowest BCUT2D eigenvalue weighted by molar-refractivity contribution is -0.114. The van der Waals surface area contributed by atoms with E-state index in [1.165, 1.54) is 4.90 Å². The summed E-state index contributed by atoms with van der Waals surface area (Å²) in [5, 5.41) is 0. The number of ketones is 1. The van der Waals surface area contributed by atoms with Crippen LogP contribution in [-0.2, 0) is 17.9 Å². The molecule has 0 saturated heterocycles.